The molecule has 1 aromatic carbocycles. The maximum atomic E-state index is 13.3. The first kappa shape index (κ1) is 17.3. The summed E-state index contributed by atoms with van der Waals surface area (Å²) in [7, 11) is 0. The van der Waals surface area contributed by atoms with Crippen molar-refractivity contribution < 1.29 is 23.1 Å². The first-order valence-electron chi connectivity index (χ1n) is 7.29. The Labute approximate surface area is 131 Å². The Morgan fingerprint density at radius 3 is 2.30 bits per heavy atom. The average Bonchev–Trinajstić information content (AvgIpc) is 3.02. The van der Waals surface area contributed by atoms with Gasteiger partial charge in [-0.15, -0.1) is 0 Å². The zero-order valence-electron chi connectivity index (χ0n) is 12.4. The highest BCUT2D eigenvalue weighted by molar-refractivity contribution is 5.85. The number of amides is 1. The number of hydrogen-bond donors (Lipinski definition) is 2. The van der Waals surface area contributed by atoms with E-state index in [-0.39, 0.29) is 5.56 Å². The minimum Gasteiger partial charge on any atom is -0.375 e. The third kappa shape index (κ3) is 3.17. The van der Waals surface area contributed by atoms with Crippen LogP contribution in [0.5, 0.6) is 0 Å². The van der Waals surface area contributed by atoms with Gasteiger partial charge in [0, 0.05) is 0 Å². The molecule has 1 fully saturated rings. The summed E-state index contributed by atoms with van der Waals surface area (Å²) >= 11 is 0. The molecule has 4 nitrogen and oxygen atoms in total. The van der Waals surface area contributed by atoms with Crippen molar-refractivity contribution in [2.75, 3.05) is 6.54 Å². The summed E-state index contributed by atoms with van der Waals surface area (Å²) in [5.41, 5.74) is -4.84. The largest absolute Gasteiger partial charge is 0.423 e. The van der Waals surface area contributed by atoms with Crippen LogP contribution in [0.15, 0.2) is 30.3 Å². The van der Waals surface area contributed by atoms with E-state index in [9.17, 15) is 28.3 Å². The first-order chi connectivity index (χ1) is 10.8. The van der Waals surface area contributed by atoms with E-state index in [0.717, 1.165) is 12.1 Å². The van der Waals surface area contributed by atoms with Crippen LogP contribution in [-0.4, -0.2) is 23.7 Å². The average molecular weight is 326 g/mol. The molecule has 0 radical (unpaired) electrons. The van der Waals surface area contributed by atoms with Crippen molar-refractivity contribution >= 4 is 5.91 Å². The van der Waals surface area contributed by atoms with Crippen molar-refractivity contribution in [1.29, 1.82) is 5.26 Å². The number of halogens is 3. The second kappa shape index (κ2) is 6.20. The summed E-state index contributed by atoms with van der Waals surface area (Å²) in [4.78, 5) is 12.2. The number of rotatable bonds is 4. The number of nitrogens with one attached hydrogen (secondary N) is 1. The van der Waals surface area contributed by atoms with Crippen molar-refractivity contribution in [3.63, 3.8) is 0 Å². The van der Waals surface area contributed by atoms with Gasteiger partial charge in [-0.2, -0.15) is 18.4 Å². The van der Waals surface area contributed by atoms with Crippen LogP contribution in [0.1, 0.15) is 31.2 Å². The molecular weight excluding hydrogens is 309 g/mol. The lowest BCUT2D eigenvalue weighted by atomic mass is 9.86. The number of carbonyl (C=O) groups is 1. The Morgan fingerprint density at radius 2 is 1.83 bits per heavy atom. The Balaban J connectivity index is 2.21. The molecule has 1 amide bonds. The highest BCUT2D eigenvalue weighted by Crippen LogP contribution is 2.40. The molecule has 23 heavy (non-hydrogen) atoms. The van der Waals surface area contributed by atoms with Crippen LogP contribution in [0, 0.1) is 16.7 Å². The SMILES string of the molecule is N#CC1(C(=O)NCC(O)(c2ccccc2)C(F)(F)F)CCCC1. The first-order valence-corrected chi connectivity index (χ1v) is 7.29. The lowest BCUT2D eigenvalue weighted by Crippen LogP contribution is -2.53. The monoisotopic (exact) mass is 326 g/mol. The van der Waals surface area contributed by atoms with Gasteiger partial charge < -0.3 is 10.4 Å². The molecule has 0 heterocycles. The predicted molar refractivity (Wildman–Crippen MR) is 75.9 cm³/mol. The summed E-state index contributed by atoms with van der Waals surface area (Å²) in [6.07, 6.45) is -2.94. The van der Waals surface area contributed by atoms with Crippen LogP contribution in [-0.2, 0) is 10.4 Å². The molecule has 2 rings (SSSR count). The highest BCUT2D eigenvalue weighted by atomic mass is 19.4. The van der Waals surface area contributed by atoms with Gasteiger partial charge in [-0.3, -0.25) is 4.79 Å². The van der Waals surface area contributed by atoms with E-state index in [1.165, 1.54) is 18.2 Å². The van der Waals surface area contributed by atoms with Gasteiger partial charge in [0.1, 0.15) is 5.41 Å². The zero-order chi connectivity index (χ0) is 17.1. The van der Waals surface area contributed by atoms with Gasteiger partial charge in [-0.25, -0.2) is 0 Å². The molecule has 0 bridgehead atoms. The van der Waals surface area contributed by atoms with Crippen LogP contribution >= 0.6 is 0 Å². The van der Waals surface area contributed by atoms with Gasteiger partial charge in [0.25, 0.3) is 0 Å². The predicted octanol–water partition coefficient (Wildman–Crippen LogP) is 2.64. The van der Waals surface area contributed by atoms with Gasteiger partial charge in [-0.1, -0.05) is 43.2 Å². The topological polar surface area (TPSA) is 73.1 Å². The molecule has 0 spiro atoms. The van der Waals surface area contributed by atoms with E-state index >= 15 is 0 Å². The normalized spacial score (nSPS) is 19.6. The van der Waals surface area contributed by atoms with Gasteiger partial charge in [-0.05, 0) is 18.4 Å². The molecule has 1 aliphatic carbocycles. The summed E-state index contributed by atoms with van der Waals surface area (Å²) < 4.78 is 40.0. The maximum absolute atomic E-state index is 13.3. The van der Waals surface area contributed by atoms with Crippen molar-refractivity contribution in [3.05, 3.63) is 35.9 Å². The molecule has 1 unspecified atom stereocenters. The molecule has 1 saturated carbocycles. The maximum Gasteiger partial charge on any atom is 0.423 e. The Hall–Kier alpha value is -2.07. The zero-order valence-corrected chi connectivity index (χ0v) is 12.4. The Kier molecular flexibility index (Phi) is 4.66. The van der Waals surface area contributed by atoms with Gasteiger partial charge >= 0.3 is 6.18 Å². The van der Waals surface area contributed by atoms with Crippen LogP contribution in [0.2, 0.25) is 0 Å². The Bertz CT molecular complexity index is 604. The molecule has 1 atom stereocenters. The lowest BCUT2D eigenvalue weighted by Gasteiger charge is -2.32. The van der Waals surface area contributed by atoms with Crippen molar-refractivity contribution in [2.24, 2.45) is 5.41 Å². The number of benzene rings is 1. The van der Waals surface area contributed by atoms with Crippen molar-refractivity contribution in [3.8, 4) is 6.07 Å². The lowest BCUT2D eigenvalue weighted by molar-refractivity contribution is -0.264. The van der Waals surface area contributed by atoms with Crippen molar-refractivity contribution in [1.82, 2.24) is 5.32 Å². The molecule has 2 N–H and O–H groups in total. The number of aliphatic hydroxyl groups is 1. The molecular formula is C16H17F3N2O2. The number of alkyl halides is 3. The third-order valence-electron chi connectivity index (χ3n) is 4.33. The number of carbonyl (C=O) groups excluding carboxylic acids is 1. The van der Waals surface area contributed by atoms with E-state index < -0.39 is 29.6 Å². The second-order valence-corrected chi connectivity index (χ2v) is 5.81. The molecule has 7 heteroatoms. The minimum absolute atomic E-state index is 0.325. The number of hydrogen-bond acceptors (Lipinski definition) is 3. The molecule has 1 aliphatic rings. The molecule has 124 valence electrons. The number of nitrogens with zero attached hydrogens (tertiary/aromatic N) is 1. The fourth-order valence-electron chi connectivity index (χ4n) is 2.83. The minimum atomic E-state index is -4.96. The molecule has 0 saturated heterocycles. The standard InChI is InChI=1S/C16H17F3N2O2/c17-16(18,19)15(23,12-6-2-1-3-7-12)11-21-13(22)14(10-20)8-4-5-9-14/h1-3,6-7,23H,4-5,8-9,11H2,(H,21,22). The second-order valence-electron chi connectivity index (χ2n) is 5.81. The summed E-state index contributed by atoms with van der Waals surface area (Å²) in [5.74, 6) is -0.754. The summed E-state index contributed by atoms with van der Waals surface area (Å²) in [5, 5.41) is 21.5. The summed E-state index contributed by atoms with van der Waals surface area (Å²) in [6, 6.07) is 8.50. The molecule has 0 aromatic heterocycles. The van der Waals surface area contributed by atoms with Crippen LogP contribution in [0.3, 0.4) is 0 Å². The van der Waals surface area contributed by atoms with Gasteiger partial charge in [0.2, 0.25) is 11.5 Å². The van der Waals surface area contributed by atoms with E-state index in [4.69, 9.17) is 0 Å². The van der Waals surface area contributed by atoms with Gasteiger partial charge in [0.05, 0.1) is 12.6 Å². The van der Waals surface area contributed by atoms with Crippen molar-refractivity contribution in [2.45, 2.75) is 37.5 Å². The highest BCUT2D eigenvalue weighted by Gasteiger charge is 2.55. The van der Waals surface area contributed by atoms with Gasteiger partial charge in [0.15, 0.2) is 0 Å². The summed E-state index contributed by atoms with van der Waals surface area (Å²) in [6.45, 7) is -1.03. The Morgan fingerprint density at radius 1 is 1.26 bits per heavy atom. The fraction of sp³-hybridized carbons (Fsp3) is 0.500. The van der Waals surface area contributed by atoms with E-state index in [1.54, 1.807) is 0 Å². The van der Waals surface area contributed by atoms with E-state index in [0.29, 0.717) is 25.7 Å². The quantitative estimate of drug-likeness (QED) is 0.893. The fourth-order valence-corrected chi connectivity index (χ4v) is 2.83. The van der Waals surface area contributed by atoms with Crippen LogP contribution in [0.25, 0.3) is 0 Å². The van der Waals surface area contributed by atoms with E-state index in [2.05, 4.69) is 5.32 Å². The number of nitriles is 1. The third-order valence-corrected chi connectivity index (χ3v) is 4.33. The molecule has 1 aromatic rings. The van der Waals surface area contributed by atoms with E-state index in [1.807, 2.05) is 6.07 Å². The van der Waals surface area contributed by atoms with Crippen LogP contribution in [0.4, 0.5) is 13.2 Å². The smallest absolute Gasteiger partial charge is 0.375 e. The van der Waals surface area contributed by atoms with Crippen LogP contribution < -0.4 is 5.32 Å². The molecule has 0 aliphatic heterocycles.